The molecule has 0 radical (unpaired) electrons. The molecule has 1 unspecified atom stereocenters. The molecule has 1 fully saturated rings. The van der Waals surface area contributed by atoms with E-state index in [1.165, 1.54) is 0 Å². The number of nitrogens with two attached hydrogens (primary N) is 1. The van der Waals surface area contributed by atoms with Crippen molar-refractivity contribution in [2.45, 2.75) is 38.7 Å². The van der Waals surface area contributed by atoms with Crippen LogP contribution in [-0.4, -0.2) is 34.6 Å². The molecule has 4 heteroatoms. The minimum Gasteiger partial charge on any atom is -0.398 e. The van der Waals surface area contributed by atoms with Crippen molar-refractivity contribution in [1.82, 2.24) is 4.90 Å². The van der Waals surface area contributed by atoms with Crippen LogP contribution in [0.5, 0.6) is 0 Å². The van der Waals surface area contributed by atoms with Gasteiger partial charge in [0.2, 0.25) is 0 Å². The number of likely N-dealkylation sites (tertiary alicyclic amines) is 1. The molecule has 1 aromatic rings. The Morgan fingerprint density at radius 2 is 2.11 bits per heavy atom. The molecule has 19 heavy (non-hydrogen) atoms. The second-order valence-electron chi connectivity index (χ2n) is 5.71. The Labute approximate surface area is 114 Å². The van der Waals surface area contributed by atoms with Crippen molar-refractivity contribution < 1.29 is 9.90 Å². The lowest BCUT2D eigenvalue weighted by Crippen LogP contribution is -2.33. The summed E-state index contributed by atoms with van der Waals surface area (Å²) >= 11 is 0. The fraction of sp³-hybridized carbons (Fsp3) is 0.533. The molecule has 1 amide bonds. The van der Waals surface area contributed by atoms with E-state index in [4.69, 9.17) is 5.73 Å². The molecule has 1 heterocycles. The Kier molecular flexibility index (Phi) is 3.80. The predicted octanol–water partition coefficient (Wildman–Crippen LogP) is 1.95. The highest BCUT2D eigenvalue weighted by atomic mass is 16.3. The number of nitrogen functional groups attached to an aromatic ring is 1. The van der Waals surface area contributed by atoms with Crippen LogP contribution in [0.3, 0.4) is 0 Å². The van der Waals surface area contributed by atoms with Crippen LogP contribution >= 0.6 is 0 Å². The first-order valence-corrected chi connectivity index (χ1v) is 6.77. The zero-order valence-corrected chi connectivity index (χ0v) is 11.6. The Hall–Kier alpha value is -1.55. The highest BCUT2D eigenvalue weighted by molar-refractivity contribution is 5.95. The third-order valence-corrected chi connectivity index (χ3v) is 3.88. The summed E-state index contributed by atoms with van der Waals surface area (Å²) in [4.78, 5) is 14.2. The van der Waals surface area contributed by atoms with Gasteiger partial charge in [-0.25, -0.2) is 0 Å². The van der Waals surface area contributed by atoms with E-state index < -0.39 is 5.60 Å². The summed E-state index contributed by atoms with van der Waals surface area (Å²) < 4.78 is 0. The van der Waals surface area contributed by atoms with Crippen LogP contribution < -0.4 is 5.73 Å². The summed E-state index contributed by atoms with van der Waals surface area (Å²) in [7, 11) is 0. The van der Waals surface area contributed by atoms with Crippen molar-refractivity contribution in [2.75, 3.05) is 18.8 Å². The van der Waals surface area contributed by atoms with Crippen LogP contribution in [0.1, 0.15) is 42.1 Å². The number of amides is 1. The van der Waals surface area contributed by atoms with E-state index in [1.807, 2.05) is 30.9 Å². The topological polar surface area (TPSA) is 66.6 Å². The maximum Gasteiger partial charge on any atom is 0.253 e. The maximum absolute atomic E-state index is 12.4. The molecule has 3 N–H and O–H groups in total. The highest BCUT2D eigenvalue weighted by Gasteiger charge is 2.27. The van der Waals surface area contributed by atoms with Crippen molar-refractivity contribution >= 4 is 11.6 Å². The number of hydrogen-bond donors (Lipinski definition) is 2. The molecular formula is C15H22N2O2. The van der Waals surface area contributed by atoms with Crippen LogP contribution in [0, 0.1) is 6.92 Å². The number of nitrogens with zero attached hydrogens (tertiary/aromatic N) is 1. The molecule has 0 bridgehead atoms. The normalized spacial score (nSPS) is 24.1. The molecule has 0 aliphatic carbocycles. The van der Waals surface area contributed by atoms with E-state index in [1.54, 1.807) is 6.07 Å². The lowest BCUT2D eigenvalue weighted by atomic mass is 9.98. The summed E-state index contributed by atoms with van der Waals surface area (Å²) in [6, 6.07) is 5.42. The number of carbonyl (C=O) groups excluding carboxylic acids is 1. The van der Waals surface area contributed by atoms with Gasteiger partial charge in [0.25, 0.3) is 5.91 Å². The molecular weight excluding hydrogens is 240 g/mol. The van der Waals surface area contributed by atoms with Gasteiger partial charge in [0, 0.05) is 24.3 Å². The number of carbonyl (C=O) groups is 1. The van der Waals surface area contributed by atoms with Crippen LogP contribution in [0.15, 0.2) is 18.2 Å². The molecule has 1 aliphatic rings. The Morgan fingerprint density at radius 3 is 2.79 bits per heavy atom. The lowest BCUT2D eigenvalue weighted by Gasteiger charge is -2.22. The van der Waals surface area contributed by atoms with Crippen LogP contribution in [-0.2, 0) is 0 Å². The van der Waals surface area contributed by atoms with Gasteiger partial charge < -0.3 is 15.7 Å². The molecule has 104 valence electrons. The van der Waals surface area contributed by atoms with Crippen LogP contribution in [0.4, 0.5) is 5.69 Å². The Bertz CT molecular complexity index is 483. The molecule has 0 saturated carbocycles. The van der Waals surface area contributed by atoms with Gasteiger partial charge in [0.1, 0.15) is 0 Å². The quantitative estimate of drug-likeness (QED) is 0.760. The van der Waals surface area contributed by atoms with E-state index in [9.17, 15) is 9.90 Å². The summed E-state index contributed by atoms with van der Waals surface area (Å²) in [5.74, 6) is 0.00407. The second-order valence-corrected chi connectivity index (χ2v) is 5.71. The highest BCUT2D eigenvalue weighted by Crippen LogP contribution is 2.23. The number of aryl methyl sites for hydroxylation is 1. The number of rotatable bonds is 1. The third kappa shape index (κ3) is 3.26. The van der Waals surface area contributed by atoms with Gasteiger partial charge in [-0.15, -0.1) is 0 Å². The van der Waals surface area contributed by atoms with Gasteiger partial charge >= 0.3 is 0 Å². The van der Waals surface area contributed by atoms with Gasteiger partial charge in [-0.3, -0.25) is 4.79 Å². The summed E-state index contributed by atoms with van der Waals surface area (Å²) in [6.07, 6.45) is 2.20. The number of benzene rings is 1. The molecule has 1 aromatic carbocycles. The number of anilines is 1. The van der Waals surface area contributed by atoms with Crippen molar-refractivity contribution in [1.29, 1.82) is 0 Å². The number of hydrogen-bond acceptors (Lipinski definition) is 3. The Morgan fingerprint density at radius 1 is 1.37 bits per heavy atom. The standard InChI is InChI=1S/C15H22N2O2/c1-11-4-5-12(10-13(11)16)14(18)17-8-3-6-15(2,19)7-9-17/h4-5,10,19H,3,6-9,16H2,1-2H3. The van der Waals surface area contributed by atoms with E-state index >= 15 is 0 Å². The predicted molar refractivity (Wildman–Crippen MR) is 76.0 cm³/mol. The fourth-order valence-corrected chi connectivity index (χ4v) is 2.42. The SMILES string of the molecule is Cc1ccc(C(=O)N2CCCC(C)(O)CC2)cc1N. The van der Waals surface area contributed by atoms with Gasteiger partial charge in [-0.1, -0.05) is 6.07 Å². The minimum atomic E-state index is -0.651. The molecule has 4 nitrogen and oxygen atoms in total. The lowest BCUT2D eigenvalue weighted by molar-refractivity contribution is 0.0438. The van der Waals surface area contributed by atoms with Crippen molar-refractivity contribution in [3.63, 3.8) is 0 Å². The summed E-state index contributed by atoms with van der Waals surface area (Å²) in [5.41, 5.74) is 7.46. The van der Waals surface area contributed by atoms with Crippen LogP contribution in [0.25, 0.3) is 0 Å². The van der Waals surface area contributed by atoms with Gasteiger partial charge in [-0.2, -0.15) is 0 Å². The maximum atomic E-state index is 12.4. The van der Waals surface area contributed by atoms with Crippen molar-refractivity contribution in [3.8, 4) is 0 Å². The fourth-order valence-electron chi connectivity index (χ4n) is 2.42. The average molecular weight is 262 g/mol. The van der Waals surface area contributed by atoms with Gasteiger partial charge in [0.15, 0.2) is 0 Å². The van der Waals surface area contributed by atoms with Crippen LogP contribution in [0.2, 0.25) is 0 Å². The molecule has 1 atom stereocenters. The van der Waals surface area contributed by atoms with E-state index in [2.05, 4.69) is 0 Å². The molecule has 0 aromatic heterocycles. The zero-order chi connectivity index (χ0) is 14.0. The third-order valence-electron chi connectivity index (χ3n) is 3.88. The largest absolute Gasteiger partial charge is 0.398 e. The summed E-state index contributed by atoms with van der Waals surface area (Å²) in [5, 5.41) is 10.0. The molecule has 2 rings (SSSR count). The van der Waals surface area contributed by atoms with E-state index in [0.29, 0.717) is 30.8 Å². The molecule has 1 saturated heterocycles. The monoisotopic (exact) mass is 262 g/mol. The first-order chi connectivity index (χ1) is 8.89. The first kappa shape index (κ1) is 13.9. The van der Waals surface area contributed by atoms with Crippen molar-refractivity contribution in [3.05, 3.63) is 29.3 Å². The van der Waals surface area contributed by atoms with E-state index in [0.717, 1.165) is 18.4 Å². The van der Waals surface area contributed by atoms with Gasteiger partial charge in [0.05, 0.1) is 5.60 Å². The van der Waals surface area contributed by atoms with Crippen molar-refractivity contribution in [2.24, 2.45) is 0 Å². The molecule has 1 aliphatic heterocycles. The smallest absolute Gasteiger partial charge is 0.253 e. The van der Waals surface area contributed by atoms with Gasteiger partial charge in [-0.05, 0) is 50.8 Å². The Balaban J connectivity index is 2.13. The first-order valence-electron chi connectivity index (χ1n) is 6.77. The summed E-state index contributed by atoms with van der Waals surface area (Å²) in [6.45, 7) is 5.06. The minimum absolute atomic E-state index is 0.00407. The average Bonchev–Trinajstić information content (AvgIpc) is 2.53. The number of aliphatic hydroxyl groups is 1. The van der Waals surface area contributed by atoms with E-state index in [-0.39, 0.29) is 5.91 Å². The molecule has 0 spiro atoms. The zero-order valence-electron chi connectivity index (χ0n) is 11.6. The second kappa shape index (κ2) is 5.21.